The minimum atomic E-state index is -4.42. The summed E-state index contributed by atoms with van der Waals surface area (Å²) in [5.74, 6) is 0. The second kappa shape index (κ2) is 5.93. The van der Waals surface area contributed by atoms with Crippen LogP contribution in [0.3, 0.4) is 0 Å². The normalized spacial score (nSPS) is 13.2. The molecule has 2 rings (SSSR count). The van der Waals surface area contributed by atoms with E-state index in [1.807, 2.05) is 24.3 Å². The maximum absolute atomic E-state index is 12.4. The van der Waals surface area contributed by atoms with E-state index in [1.165, 1.54) is 6.07 Å². The summed E-state index contributed by atoms with van der Waals surface area (Å²) in [5.41, 5.74) is 0.254. The molecule has 1 atom stereocenters. The summed E-state index contributed by atoms with van der Waals surface area (Å²) in [6.45, 7) is 0. The second-order valence-electron chi connectivity index (χ2n) is 4.28. The van der Waals surface area contributed by atoms with E-state index in [2.05, 4.69) is 20.9 Å². The molecule has 0 amide bonds. The number of aromatic nitrogens is 1. The first kappa shape index (κ1) is 15.0. The Morgan fingerprint density at radius 1 is 1.15 bits per heavy atom. The van der Waals surface area contributed by atoms with E-state index in [1.54, 1.807) is 0 Å². The van der Waals surface area contributed by atoms with Crippen LogP contribution in [0.5, 0.6) is 0 Å². The molecule has 20 heavy (non-hydrogen) atoms. The van der Waals surface area contributed by atoms with Gasteiger partial charge >= 0.3 is 6.18 Å². The molecule has 0 saturated heterocycles. The van der Waals surface area contributed by atoms with Gasteiger partial charge in [0.15, 0.2) is 0 Å². The van der Waals surface area contributed by atoms with Crippen molar-refractivity contribution in [2.45, 2.75) is 18.7 Å². The topological polar surface area (TPSA) is 33.1 Å². The summed E-state index contributed by atoms with van der Waals surface area (Å²) in [6, 6.07) is 9.46. The molecular weight excluding hydrogens is 335 g/mol. The molecule has 1 unspecified atom stereocenters. The third-order valence-corrected chi connectivity index (χ3v) is 3.60. The molecule has 0 aliphatic heterocycles. The number of alkyl halides is 3. The fourth-order valence-electron chi connectivity index (χ4n) is 1.75. The maximum Gasteiger partial charge on any atom is 0.417 e. The first-order valence-corrected chi connectivity index (χ1v) is 6.62. The van der Waals surface area contributed by atoms with Crippen LogP contribution in [0.15, 0.2) is 47.1 Å². The van der Waals surface area contributed by atoms with Gasteiger partial charge in [0, 0.05) is 17.1 Å². The largest absolute Gasteiger partial charge is 0.417 e. The molecule has 0 spiro atoms. The van der Waals surface area contributed by atoms with Crippen molar-refractivity contribution in [1.29, 1.82) is 0 Å². The summed E-state index contributed by atoms with van der Waals surface area (Å²) >= 11 is 3.35. The molecule has 1 aromatic carbocycles. The summed E-state index contributed by atoms with van der Waals surface area (Å²) < 4.78 is 38.1. The van der Waals surface area contributed by atoms with E-state index in [9.17, 15) is 18.3 Å². The van der Waals surface area contributed by atoms with Crippen LogP contribution in [0.1, 0.15) is 22.9 Å². The number of aliphatic hydroxyl groups excluding tert-OH is 1. The fraction of sp³-hybridized carbons (Fsp3) is 0.214. The van der Waals surface area contributed by atoms with Crippen LogP contribution in [-0.2, 0) is 12.6 Å². The Balaban J connectivity index is 2.14. The van der Waals surface area contributed by atoms with Crippen molar-refractivity contribution in [3.63, 3.8) is 0 Å². The van der Waals surface area contributed by atoms with Gasteiger partial charge in [0.2, 0.25) is 0 Å². The molecule has 2 aromatic rings. The number of halogens is 4. The summed E-state index contributed by atoms with van der Waals surface area (Å²) in [4.78, 5) is 3.69. The number of hydrogen-bond acceptors (Lipinski definition) is 2. The predicted octanol–water partition coefficient (Wildman–Crippen LogP) is 4.14. The van der Waals surface area contributed by atoms with Gasteiger partial charge in [-0.1, -0.05) is 34.1 Å². The molecule has 0 fully saturated rings. The summed E-state index contributed by atoms with van der Waals surface area (Å²) in [6.07, 6.45) is -4.35. The quantitative estimate of drug-likeness (QED) is 0.906. The fourth-order valence-corrected chi connectivity index (χ4v) is 2.19. The monoisotopic (exact) mass is 345 g/mol. The van der Waals surface area contributed by atoms with E-state index < -0.39 is 17.8 Å². The Morgan fingerprint density at radius 3 is 2.40 bits per heavy atom. The van der Waals surface area contributed by atoms with Crippen molar-refractivity contribution >= 4 is 15.9 Å². The average Bonchev–Trinajstić information content (AvgIpc) is 2.40. The van der Waals surface area contributed by atoms with Gasteiger partial charge < -0.3 is 5.11 Å². The Labute approximate surface area is 122 Å². The molecule has 0 aliphatic carbocycles. The Hall–Kier alpha value is -1.40. The molecule has 0 bridgehead atoms. The van der Waals surface area contributed by atoms with Gasteiger partial charge in [-0.05, 0) is 23.8 Å². The molecule has 2 nitrogen and oxygen atoms in total. The number of rotatable bonds is 3. The third kappa shape index (κ3) is 3.58. The SMILES string of the molecule is OC(Cc1ccccc1Br)c1ccc(C(F)(F)F)cn1. The first-order chi connectivity index (χ1) is 9.38. The number of pyridine rings is 1. The average molecular weight is 346 g/mol. The van der Waals surface area contributed by atoms with E-state index in [0.717, 1.165) is 22.3 Å². The lowest BCUT2D eigenvalue weighted by atomic mass is 10.0. The minimum Gasteiger partial charge on any atom is -0.386 e. The number of hydrogen-bond donors (Lipinski definition) is 1. The number of benzene rings is 1. The van der Waals surface area contributed by atoms with E-state index in [-0.39, 0.29) is 12.1 Å². The van der Waals surface area contributed by atoms with Crippen LogP contribution in [-0.4, -0.2) is 10.1 Å². The molecule has 1 heterocycles. The smallest absolute Gasteiger partial charge is 0.386 e. The van der Waals surface area contributed by atoms with Crippen molar-refractivity contribution < 1.29 is 18.3 Å². The zero-order chi connectivity index (χ0) is 14.8. The molecule has 0 radical (unpaired) electrons. The molecular formula is C14H11BrF3NO. The van der Waals surface area contributed by atoms with Crippen molar-refractivity contribution in [3.8, 4) is 0 Å². The number of aliphatic hydroxyl groups is 1. The molecule has 0 saturated carbocycles. The Bertz CT molecular complexity index is 584. The highest BCUT2D eigenvalue weighted by atomic mass is 79.9. The van der Waals surface area contributed by atoms with E-state index in [4.69, 9.17) is 0 Å². The lowest BCUT2D eigenvalue weighted by Gasteiger charge is -2.12. The van der Waals surface area contributed by atoms with Gasteiger partial charge in [-0.2, -0.15) is 13.2 Å². The zero-order valence-corrected chi connectivity index (χ0v) is 11.8. The van der Waals surface area contributed by atoms with Crippen molar-refractivity contribution in [2.75, 3.05) is 0 Å². The van der Waals surface area contributed by atoms with Crippen LogP contribution in [0, 0.1) is 0 Å². The highest BCUT2D eigenvalue weighted by molar-refractivity contribution is 9.10. The van der Waals surface area contributed by atoms with Crippen molar-refractivity contribution in [2.24, 2.45) is 0 Å². The van der Waals surface area contributed by atoms with E-state index >= 15 is 0 Å². The third-order valence-electron chi connectivity index (χ3n) is 2.83. The summed E-state index contributed by atoms with van der Waals surface area (Å²) in [5, 5.41) is 10.0. The molecule has 1 N–H and O–H groups in total. The first-order valence-electron chi connectivity index (χ1n) is 5.82. The highest BCUT2D eigenvalue weighted by Crippen LogP contribution is 2.29. The lowest BCUT2D eigenvalue weighted by Crippen LogP contribution is -2.09. The van der Waals surface area contributed by atoms with Crippen LogP contribution >= 0.6 is 15.9 Å². The van der Waals surface area contributed by atoms with Gasteiger partial charge in [-0.3, -0.25) is 4.98 Å². The van der Waals surface area contributed by atoms with E-state index in [0.29, 0.717) is 0 Å². The van der Waals surface area contributed by atoms with Crippen molar-refractivity contribution in [1.82, 2.24) is 4.98 Å². The van der Waals surface area contributed by atoms with Gasteiger partial charge in [0.1, 0.15) is 0 Å². The predicted molar refractivity (Wildman–Crippen MR) is 72.0 cm³/mol. The zero-order valence-electron chi connectivity index (χ0n) is 10.2. The number of nitrogens with zero attached hydrogens (tertiary/aromatic N) is 1. The van der Waals surface area contributed by atoms with Gasteiger partial charge in [-0.15, -0.1) is 0 Å². The van der Waals surface area contributed by atoms with Crippen LogP contribution in [0.2, 0.25) is 0 Å². The maximum atomic E-state index is 12.4. The lowest BCUT2D eigenvalue weighted by molar-refractivity contribution is -0.137. The Morgan fingerprint density at radius 2 is 1.85 bits per heavy atom. The molecule has 6 heteroatoms. The van der Waals surface area contributed by atoms with Crippen LogP contribution in [0.25, 0.3) is 0 Å². The van der Waals surface area contributed by atoms with Gasteiger partial charge in [0.05, 0.1) is 17.4 Å². The molecule has 106 valence electrons. The standard InChI is InChI=1S/C14H11BrF3NO/c15-11-4-2-1-3-9(11)7-13(20)12-6-5-10(8-19-12)14(16,17)18/h1-6,8,13,20H,7H2. The highest BCUT2D eigenvalue weighted by Gasteiger charge is 2.30. The van der Waals surface area contributed by atoms with Gasteiger partial charge in [0.25, 0.3) is 0 Å². The van der Waals surface area contributed by atoms with Crippen LogP contribution < -0.4 is 0 Å². The molecule has 1 aromatic heterocycles. The Kier molecular flexibility index (Phi) is 4.45. The second-order valence-corrected chi connectivity index (χ2v) is 5.14. The minimum absolute atomic E-state index is 0.216. The summed E-state index contributed by atoms with van der Waals surface area (Å²) in [7, 11) is 0. The van der Waals surface area contributed by atoms with Crippen molar-refractivity contribution in [3.05, 3.63) is 63.9 Å². The molecule has 0 aliphatic rings. The van der Waals surface area contributed by atoms with Gasteiger partial charge in [-0.25, -0.2) is 0 Å². The van der Waals surface area contributed by atoms with Crippen LogP contribution in [0.4, 0.5) is 13.2 Å².